The van der Waals surface area contributed by atoms with E-state index in [1.165, 1.54) is 38.5 Å². The highest BCUT2D eigenvalue weighted by Crippen LogP contribution is 2.34. The van der Waals surface area contributed by atoms with Crippen LogP contribution in [0.1, 0.15) is 58.3 Å². The summed E-state index contributed by atoms with van der Waals surface area (Å²) >= 11 is 0. The zero-order valence-corrected chi connectivity index (χ0v) is 16.6. The first-order valence-corrected chi connectivity index (χ1v) is 9.17. The molecule has 2 bridgehead atoms. The molecule has 1 saturated carbocycles. The minimum atomic E-state index is 0. The maximum atomic E-state index is 5.90. The van der Waals surface area contributed by atoms with Crippen molar-refractivity contribution < 1.29 is 9.47 Å². The zero-order chi connectivity index (χ0) is 15.2. The second kappa shape index (κ2) is 10.0. The fourth-order valence-electron chi connectivity index (χ4n) is 3.85. The fraction of sp³-hybridized carbons (Fsp3) is 0.941. The van der Waals surface area contributed by atoms with Crippen LogP contribution in [0, 0.1) is 0 Å². The second-order valence-electron chi connectivity index (χ2n) is 6.75. The van der Waals surface area contributed by atoms with Crippen LogP contribution in [0.4, 0.5) is 0 Å². The monoisotopic (exact) mass is 437 g/mol. The van der Waals surface area contributed by atoms with E-state index in [2.05, 4.69) is 22.5 Å². The SMILES string of the molecule is CCNC(=NCCCOC1CCCC1)NC1CC2CCC1O2.I. The number of hydrogen-bond donors (Lipinski definition) is 2. The number of halogens is 1. The number of ether oxygens (including phenoxy) is 2. The van der Waals surface area contributed by atoms with E-state index < -0.39 is 0 Å². The van der Waals surface area contributed by atoms with Gasteiger partial charge in [0.1, 0.15) is 0 Å². The molecular weight excluding hydrogens is 405 g/mol. The minimum Gasteiger partial charge on any atom is -0.378 e. The first-order valence-electron chi connectivity index (χ1n) is 9.17. The molecule has 0 aromatic carbocycles. The van der Waals surface area contributed by atoms with Crippen molar-refractivity contribution in [3.8, 4) is 0 Å². The molecule has 2 heterocycles. The van der Waals surface area contributed by atoms with Gasteiger partial charge in [-0.3, -0.25) is 4.99 Å². The Kier molecular flexibility index (Phi) is 8.40. The van der Waals surface area contributed by atoms with Gasteiger partial charge in [0.25, 0.3) is 0 Å². The van der Waals surface area contributed by atoms with E-state index in [4.69, 9.17) is 9.47 Å². The van der Waals surface area contributed by atoms with Gasteiger partial charge >= 0.3 is 0 Å². The number of nitrogens with zero attached hydrogens (tertiary/aromatic N) is 1. The number of rotatable bonds is 7. The summed E-state index contributed by atoms with van der Waals surface area (Å²) in [5.74, 6) is 0.935. The Morgan fingerprint density at radius 3 is 2.70 bits per heavy atom. The Morgan fingerprint density at radius 1 is 1.22 bits per heavy atom. The van der Waals surface area contributed by atoms with Crippen molar-refractivity contribution in [2.45, 2.75) is 82.6 Å². The number of hydrogen-bond acceptors (Lipinski definition) is 3. The van der Waals surface area contributed by atoms with Gasteiger partial charge in [0.05, 0.1) is 24.4 Å². The molecule has 1 aliphatic carbocycles. The predicted octanol–water partition coefficient (Wildman–Crippen LogP) is 2.83. The van der Waals surface area contributed by atoms with Crippen molar-refractivity contribution in [3.05, 3.63) is 0 Å². The Hall–Kier alpha value is -0.0800. The third-order valence-corrected chi connectivity index (χ3v) is 5.00. The first kappa shape index (κ1) is 19.2. The number of guanidine groups is 1. The molecule has 3 unspecified atom stereocenters. The van der Waals surface area contributed by atoms with Crippen molar-refractivity contribution in [2.75, 3.05) is 19.7 Å². The van der Waals surface area contributed by atoms with E-state index in [9.17, 15) is 0 Å². The quantitative estimate of drug-likeness (QED) is 0.279. The third-order valence-electron chi connectivity index (χ3n) is 5.00. The maximum absolute atomic E-state index is 5.90. The molecule has 2 aliphatic heterocycles. The Morgan fingerprint density at radius 2 is 2.04 bits per heavy atom. The van der Waals surface area contributed by atoms with Crippen LogP contribution in [0.25, 0.3) is 0 Å². The highest BCUT2D eigenvalue weighted by Gasteiger charge is 2.41. The molecule has 0 radical (unpaired) electrons. The van der Waals surface area contributed by atoms with Crippen LogP contribution in [0.15, 0.2) is 4.99 Å². The van der Waals surface area contributed by atoms with Crippen LogP contribution in [0.3, 0.4) is 0 Å². The van der Waals surface area contributed by atoms with Crippen LogP contribution in [0.2, 0.25) is 0 Å². The van der Waals surface area contributed by atoms with Gasteiger partial charge in [-0.1, -0.05) is 12.8 Å². The molecule has 2 N–H and O–H groups in total. The van der Waals surface area contributed by atoms with Crippen LogP contribution in [-0.4, -0.2) is 50.0 Å². The van der Waals surface area contributed by atoms with Crippen molar-refractivity contribution in [1.29, 1.82) is 0 Å². The van der Waals surface area contributed by atoms with Gasteiger partial charge in [0.2, 0.25) is 0 Å². The van der Waals surface area contributed by atoms with E-state index in [0.717, 1.165) is 38.5 Å². The normalized spacial score (nSPS) is 30.5. The van der Waals surface area contributed by atoms with Gasteiger partial charge in [0.15, 0.2) is 5.96 Å². The first-order chi connectivity index (χ1) is 10.8. The number of fused-ring (bicyclic) bond motifs is 2. The highest BCUT2D eigenvalue weighted by molar-refractivity contribution is 14.0. The molecule has 2 saturated heterocycles. The Labute approximate surface area is 157 Å². The van der Waals surface area contributed by atoms with Gasteiger partial charge in [-0.2, -0.15) is 0 Å². The van der Waals surface area contributed by atoms with Crippen molar-refractivity contribution in [1.82, 2.24) is 10.6 Å². The molecule has 0 spiro atoms. The molecule has 134 valence electrons. The molecule has 3 atom stereocenters. The zero-order valence-electron chi connectivity index (χ0n) is 14.3. The molecule has 0 amide bonds. The standard InChI is InChI=1S/C17H31N3O2.HI/c1-2-18-17(20-15-12-14-8-9-16(15)22-14)19-10-5-11-21-13-6-3-4-7-13;/h13-16H,2-12H2,1H3,(H2,18,19,20);1H. The third kappa shape index (κ3) is 5.74. The Bertz CT molecular complexity index is 375. The maximum Gasteiger partial charge on any atom is 0.191 e. The second-order valence-corrected chi connectivity index (χ2v) is 6.75. The summed E-state index contributed by atoms with van der Waals surface area (Å²) in [6.07, 6.45) is 11.1. The summed E-state index contributed by atoms with van der Waals surface area (Å²) < 4.78 is 11.8. The van der Waals surface area contributed by atoms with Crippen molar-refractivity contribution >= 4 is 29.9 Å². The summed E-state index contributed by atoms with van der Waals surface area (Å²) in [4.78, 5) is 4.68. The van der Waals surface area contributed by atoms with Gasteiger partial charge in [-0.25, -0.2) is 0 Å². The van der Waals surface area contributed by atoms with Gasteiger partial charge < -0.3 is 20.1 Å². The van der Waals surface area contributed by atoms with Crippen LogP contribution in [-0.2, 0) is 9.47 Å². The lowest BCUT2D eigenvalue weighted by Crippen LogP contribution is -2.47. The van der Waals surface area contributed by atoms with Crippen LogP contribution in [0.5, 0.6) is 0 Å². The molecular formula is C17H32IN3O2. The molecule has 3 rings (SSSR count). The number of nitrogens with one attached hydrogen (secondary N) is 2. The van der Waals surface area contributed by atoms with Gasteiger partial charge in [-0.15, -0.1) is 24.0 Å². The molecule has 0 aromatic rings. The van der Waals surface area contributed by atoms with E-state index in [1.807, 2.05) is 0 Å². The lowest BCUT2D eigenvalue weighted by atomic mass is 9.96. The van der Waals surface area contributed by atoms with Crippen LogP contribution < -0.4 is 10.6 Å². The fourth-order valence-corrected chi connectivity index (χ4v) is 3.85. The van der Waals surface area contributed by atoms with E-state index in [-0.39, 0.29) is 24.0 Å². The lowest BCUT2D eigenvalue weighted by Gasteiger charge is -2.22. The summed E-state index contributed by atoms with van der Waals surface area (Å²) in [6, 6.07) is 0.436. The topological polar surface area (TPSA) is 54.9 Å². The average molecular weight is 437 g/mol. The minimum absolute atomic E-state index is 0. The summed E-state index contributed by atoms with van der Waals surface area (Å²) in [7, 11) is 0. The Balaban J connectivity index is 0.00000192. The average Bonchev–Trinajstić information content (AvgIpc) is 3.24. The van der Waals surface area contributed by atoms with Gasteiger partial charge in [-0.05, 0) is 45.4 Å². The van der Waals surface area contributed by atoms with Crippen molar-refractivity contribution in [2.24, 2.45) is 4.99 Å². The molecule has 0 aromatic heterocycles. The van der Waals surface area contributed by atoms with E-state index in [0.29, 0.717) is 24.4 Å². The van der Waals surface area contributed by atoms with Gasteiger partial charge in [0, 0.05) is 19.7 Å². The molecule has 5 nitrogen and oxygen atoms in total. The van der Waals surface area contributed by atoms with Crippen molar-refractivity contribution in [3.63, 3.8) is 0 Å². The summed E-state index contributed by atoms with van der Waals surface area (Å²) in [5, 5.41) is 6.90. The summed E-state index contributed by atoms with van der Waals surface area (Å²) in [6.45, 7) is 4.66. The van der Waals surface area contributed by atoms with E-state index in [1.54, 1.807) is 0 Å². The highest BCUT2D eigenvalue weighted by atomic mass is 127. The van der Waals surface area contributed by atoms with E-state index >= 15 is 0 Å². The largest absolute Gasteiger partial charge is 0.378 e. The predicted molar refractivity (Wildman–Crippen MR) is 104 cm³/mol. The molecule has 23 heavy (non-hydrogen) atoms. The van der Waals surface area contributed by atoms with Crippen LogP contribution >= 0.6 is 24.0 Å². The molecule has 3 aliphatic rings. The lowest BCUT2D eigenvalue weighted by molar-refractivity contribution is 0.0579. The number of aliphatic imine (C=N–C) groups is 1. The summed E-state index contributed by atoms with van der Waals surface area (Å²) in [5.41, 5.74) is 0. The smallest absolute Gasteiger partial charge is 0.191 e. The molecule has 6 heteroatoms. The molecule has 3 fully saturated rings.